The molecule has 2 nitrogen and oxygen atoms in total. The Morgan fingerprint density at radius 2 is 2.13 bits per heavy atom. The van der Waals surface area contributed by atoms with E-state index in [1.54, 1.807) is 11.3 Å². The normalized spacial score (nSPS) is 20.4. The first-order valence-corrected chi connectivity index (χ1v) is 6.72. The Morgan fingerprint density at radius 3 is 2.73 bits per heavy atom. The first kappa shape index (κ1) is 11.1. The van der Waals surface area contributed by atoms with Gasteiger partial charge < -0.3 is 5.32 Å². The Kier molecular flexibility index (Phi) is 3.42. The maximum Gasteiger partial charge on any atom is 0.0798 e. The van der Waals surface area contributed by atoms with Crippen molar-refractivity contribution in [2.75, 3.05) is 0 Å². The molecule has 1 saturated carbocycles. The zero-order chi connectivity index (χ0) is 10.7. The van der Waals surface area contributed by atoms with E-state index in [4.69, 9.17) is 0 Å². The summed E-state index contributed by atoms with van der Waals surface area (Å²) in [6, 6.07) is 0. The van der Waals surface area contributed by atoms with Gasteiger partial charge in [0.25, 0.3) is 0 Å². The van der Waals surface area contributed by atoms with E-state index in [1.807, 2.05) is 5.51 Å². The molecule has 1 aliphatic rings. The van der Waals surface area contributed by atoms with Crippen LogP contribution in [0.2, 0.25) is 0 Å². The van der Waals surface area contributed by atoms with Crippen molar-refractivity contribution in [1.82, 2.24) is 10.3 Å². The van der Waals surface area contributed by atoms with Gasteiger partial charge in [-0.05, 0) is 26.7 Å². The summed E-state index contributed by atoms with van der Waals surface area (Å²) < 4.78 is 0. The van der Waals surface area contributed by atoms with Gasteiger partial charge in [-0.2, -0.15) is 0 Å². The summed E-state index contributed by atoms with van der Waals surface area (Å²) in [5, 5.41) is 3.71. The summed E-state index contributed by atoms with van der Waals surface area (Å²) in [7, 11) is 0. The number of hydrogen-bond acceptors (Lipinski definition) is 3. The number of nitrogens with zero attached hydrogens (tertiary/aromatic N) is 1. The molecule has 0 amide bonds. The largest absolute Gasteiger partial charge is 0.307 e. The molecule has 1 aromatic heterocycles. The molecule has 1 N–H and O–H groups in total. The molecule has 2 rings (SSSR count). The van der Waals surface area contributed by atoms with Crippen LogP contribution in [-0.4, -0.2) is 10.5 Å². The van der Waals surface area contributed by atoms with Crippen molar-refractivity contribution in [3.63, 3.8) is 0 Å². The van der Waals surface area contributed by atoms with Gasteiger partial charge in [-0.15, -0.1) is 11.3 Å². The van der Waals surface area contributed by atoms with Crippen LogP contribution >= 0.6 is 11.3 Å². The predicted octanol–water partition coefficient (Wildman–Crippen LogP) is 3.26. The highest BCUT2D eigenvalue weighted by molar-refractivity contribution is 7.09. The van der Waals surface area contributed by atoms with E-state index in [0.29, 0.717) is 5.54 Å². The van der Waals surface area contributed by atoms with Crippen LogP contribution < -0.4 is 5.32 Å². The highest BCUT2D eigenvalue weighted by Gasteiger charge is 2.25. The standard InChI is InChI=1S/C12H20N2S/c1-10-11(15-9-13-10)8-14-12(2)6-4-3-5-7-12/h9,14H,3-8H2,1-2H3. The zero-order valence-corrected chi connectivity index (χ0v) is 10.5. The van der Waals surface area contributed by atoms with E-state index in [2.05, 4.69) is 24.1 Å². The van der Waals surface area contributed by atoms with Gasteiger partial charge in [0.05, 0.1) is 11.2 Å². The first-order valence-electron chi connectivity index (χ1n) is 5.84. The van der Waals surface area contributed by atoms with Gasteiger partial charge in [0.1, 0.15) is 0 Å². The summed E-state index contributed by atoms with van der Waals surface area (Å²) in [5.74, 6) is 0. The lowest BCUT2D eigenvalue weighted by Gasteiger charge is -2.34. The van der Waals surface area contributed by atoms with Crippen molar-refractivity contribution >= 4 is 11.3 Å². The van der Waals surface area contributed by atoms with E-state index in [1.165, 1.54) is 42.7 Å². The molecule has 0 bridgehead atoms. The highest BCUT2D eigenvalue weighted by atomic mass is 32.1. The topological polar surface area (TPSA) is 24.9 Å². The summed E-state index contributed by atoms with van der Waals surface area (Å²) in [5.41, 5.74) is 3.50. The summed E-state index contributed by atoms with van der Waals surface area (Å²) in [4.78, 5) is 5.67. The lowest BCUT2D eigenvalue weighted by atomic mass is 9.83. The van der Waals surface area contributed by atoms with Gasteiger partial charge in [0, 0.05) is 17.0 Å². The molecule has 0 saturated heterocycles. The van der Waals surface area contributed by atoms with E-state index in [9.17, 15) is 0 Å². The van der Waals surface area contributed by atoms with Crippen molar-refractivity contribution in [3.05, 3.63) is 16.1 Å². The van der Waals surface area contributed by atoms with E-state index >= 15 is 0 Å². The van der Waals surface area contributed by atoms with Gasteiger partial charge in [-0.1, -0.05) is 19.3 Å². The Labute approximate surface area is 96.1 Å². The molecule has 1 heterocycles. The Morgan fingerprint density at radius 1 is 1.40 bits per heavy atom. The molecular formula is C12H20N2S. The van der Waals surface area contributed by atoms with Crippen LogP contribution in [0, 0.1) is 6.92 Å². The molecule has 0 radical (unpaired) electrons. The summed E-state index contributed by atoms with van der Waals surface area (Å²) in [6.07, 6.45) is 6.82. The van der Waals surface area contributed by atoms with Gasteiger partial charge in [-0.25, -0.2) is 4.98 Å². The van der Waals surface area contributed by atoms with E-state index < -0.39 is 0 Å². The second kappa shape index (κ2) is 4.62. The fraction of sp³-hybridized carbons (Fsp3) is 0.750. The number of nitrogens with one attached hydrogen (secondary N) is 1. The van der Waals surface area contributed by atoms with Gasteiger partial charge >= 0.3 is 0 Å². The smallest absolute Gasteiger partial charge is 0.0798 e. The second-order valence-electron chi connectivity index (χ2n) is 4.84. The summed E-state index contributed by atoms with van der Waals surface area (Å²) >= 11 is 1.76. The molecule has 1 fully saturated rings. The number of aryl methyl sites for hydroxylation is 1. The van der Waals surface area contributed by atoms with Crippen LogP contribution in [0.4, 0.5) is 0 Å². The maximum absolute atomic E-state index is 4.28. The SMILES string of the molecule is Cc1ncsc1CNC1(C)CCCCC1. The Balaban J connectivity index is 1.89. The first-order chi connectivity index (χ1) is 7.20. The fourth-order valence-corrected chi connectivity index (χ4v) is 3.02. The summed E-state index contributed by atoms with van der Waals surface area (Å²) in [6.45, 7) is 5.45. The molecule has 84 valence electrons. The molecule has 1 aliphatic carbocycles. The van der Waals surface area contributed by atoms with Crippen molar-refractivity contribution < 1.29 is 0 Å². The van der Waals surface area contributed by atoms with Gasteiger partial charge in [-0.3, -0.25) is 0 Å². The predicted molar refractivity (Wildman–Crippen MR) is 65.2 cm³/mol. The van der Waals surface area contributed by atoms with E-state index in [-0.39, 0.29) is 0 Å². The van der Waals surface area contributed by atoms with Crippen molar-refractivity contribution in [2.45, 2.75) is 58.0 Å². The molecule has 15 heavy (non-hydrogen) atoms. The molecule has 1 aromatic rings. The number of rotatable bonds is 3. The van der Waals surface area contributed by atoms with Crippen LogP contribution in [0.15, 0.2) is 5.51 Å². The van der Waals surface area contributed by atoms with Crippen LogP contribution in [-0.2, 0) is 6.54 Å². The molecule has 0 spiro atoms. The zero-order valence-electron chi connectivity index (χ0n) is 9.68. The lowest BCUT2D eigenvalue weighted by molar-refractivity contribution is 0.253. The fourth-order valence-electron chi connectivity index (χ4n) is 2.30. The average Bonchev–Trinajstić information content (AvgIpc) is 2.62. The molecule has 3 heteroatoms. The van der Waals surface area contributed by atoms with Gasteiger partial charge in [0.2, 0.25) is 0 Å². The highest BCUT2D eigenvalue weighted by Crippen LogP contribution is 2.28. The van der Waals surface area contributed by atoms with E-state index in [0.717, 1.165) is 6.54 Å². The minimum atomic E-state index is 0.370. The minimum Gasteiger partial charge on any atom is -0.307 e. The molecule has 0 aliphatic heterocycles. The maximum atomic E-state index is 4.28. The monoisotopic (exact) mass is 224 g/mol. The van der Waals surface area contributed by atoms with Crippen molar-refractivity contribution in [3.8, 4) is 0 Å². The second-order valence-corrected chi connectivity index (χ2v) is 5.78. The van der Waals surface area contributed by atoms with Gasteiger partial charge in [0.15, 0.2) is 0 Å². The number of hydrogen-bond donors (Lipinski definition) is 1. The Hall–Kier alpha value is -0.410. The Bertz CT molecular complexity index is 313. The third-order valence-corrected chi connectivity index (χ3v) is 4.41. The average molecular weight is 224 g/mol. The van der Waals surface area contributed by atoms with Crippen LogP contribution in [0.25, 0.3) is 0 Å². The molecule has 0 atom stereocenters. The number of thiazole rings is 1. The van der Waals surface area contributed by atoms with Crippen LogP contribution in [0.3, 0.4) is 0 Å². The third kappa shape index (κ3) is 2.79. The minimum absolute atomic E-state index is 0.370. The molecule has 0 unspecified atom stereocenters. The third-order valence-electron chi connectivity index (χ3n) is 3.48. The molecule has 0 aromatic carbocycles. The lowest BCUT2D eigenvalue weighted by Crippen LogP contribution is -2.43. The van der Waals surface area contributed by atoms with Crippen molar-refractivity contribution in [1.29, 1.82) is 0 Å². The number of aromatic nitrogens is 1. The van der Waals surface area contributed by atoms with Crippen LogP contribution in [0.1, 0.15) is 49.6 Å². The van der Waals surface area contributed by atoms with Crippen molar-refractivity contribution in [2.24, 2.45) is 0 Å². The van der Waals surface area contributed by atoms with Crippen LogP contribution in [0.5, 0.6) is 0 Å². The molecular weight excluding hydrogens is 204 g/mol. The quantitative estimate of drug-likeness (QED) is 0.852.